The molecule has 2 rings (SSSR count). The van der Waals surface area contributed by atoms with Gasteiger partial charge in [-0.25, -0.2) is 18.1 Å². The first-order valence-electron chi connectivity index (χ1n) is 5.91. The van der Waals surface area contributed by atoms with Crippen LogP contribution in [0.5, 0.6) is 0 Å². The zero-order valence-electron chi connectivity index (χ0n) is 10.6. The Morgan fingerprint density at radius 3 is 2.65 bits per heavy atom. The summed E-state index contributed by atoms with van der Waals surface area (Å²) in [6.45, 7) is 1.26. The molecule has 0 spiro atoms. The molecule has 0 radical (unpaired) electrons. The minimum atomic E-state index is -3.68. The van der Waals surface area contributed by atoms with Gasteiger partial charge in [-0.1, -0.05) is 11.6 Å². The number of aliphatic imine (C=N–C) groups is 1. The van der Waals surface area contributed by atoms with Crippen molar-refractivity contribution in [1.29, 1.82) is 0 Å². The van der Waals surface area contributed by atoms with Crippen LogP contribution in [0.4, 0.5) is 0 Å². The van der Waals surface area contributed by atoms with E-state index in [9.17, 15) is 8.42 Å². The zero-order valence-corrected chi connectivity index (χ0v) is 12.2. The van der Waals surface area contributed by atoms with Crippen LogP contribution in [0.15, 0.2) is 34.2 Å². The van der Waals surface area contributed by atoms with Gasteiger partial charge < -0.3 is 10.4 Å². The van der Waals surface area contributed by atoms with E-state index in [1.807, 2.05) is 4.90 Å². The van der Waals surface area contributed by atoms with Crippen molar-refractivity contribution < 1.29 is 13.5 Å². The number of halogens is 1. The van der Waals surface area contributed by atoms with Crippen LogP contribution in [0.1, 0.15) is 0 Å². The molecule has 0 saturated carbocycles. The number of aliphatic hydroxyl groups is 1. The maximum atomic E-state index is 12.1. The van der Waals surface area contributed by atoms with E-state index in [0.717, 1.165) is 0 Å². The molecule has 0 bridgehead atoms. The van der Waals surface area contributed by atoms with Crippen LogP contribution >= 0.6 is 11.6 Å². The number of hydrogen-bond acceptors (Lipinski definition) is 6. The Morgan fingerprint density at radius 1 is 1.40 bits per heavy atom. The SMILES string of the molecule is O=S(=O)(NC1=NCN(CCO)CN1)c1ccc(Cl)cc1. The van der Waals surface area contributed by atoms with Crippen molar-refractivity contribution >= 4 is 27.6 Å². The third-order valence-corrected chi connectivity index (χ3v) is 4.28. The van der Waals surface area contributed by atoms with Crippen molar-refractivity contribution in [1.82, 2.24) is 14.9 Å². The number of aliphatic hydroxyl groups excluding tert-OH is 1. The van der Waals surface area contributed by atoms with Crippen molar-refractivity contribution in [2.75, 3.05) is 26.5 Å². The summed E-state index contributed by atoms with van der Waals surface area (Å²) in [7, 11) is -3.68. The summed E-state index contributed by atoms with van der Waals surface area (Å²) in [6, 6.07) is 5.86. The second kappa shape index (κ2) is 6.40. The molecule has 110 valence electrons. The molecule has 9 heteroatoms. The lowest BCUT2D eigenvalue weighted by Gasteiger charge is -2.26. The summed E-state index contributed by atoms with van der Waals surface area (Å²) < 4.78 is 26.6. The summed E-state index contributed by atoms with van der Waals surface area (Å²) in [5.74, 6) is 0.189. The summed E-state index contributed by atoms with van der Waals surface area (Å²) in [5, 5.41) is 12.1. The van der Waals surface area contributed by atoms with E-state index in [2.05, 4.69) is 15.0 Å². The van der Waals surface area contributed by atoms with Gasteiger partial charge in [0.1, 0.15) is 0 Å². The highest BCUT2D eigenvalue weighted by Gasteiger charge is 2.19. The van der Waals surface area contributed by atoms with Gasteiger partial charge in [0.25, 0.3) is 10.0 Å². The molecule has 0 aromatic heterocycles. The Balaban J connectivity index is 2.04. The second-order valence-electron chi connectivity index (χ2n) is 4.16. The molecule has 0 unspecified atom stereocenters. The maximum Gasteiger partial charge on any atom is 0.264 e. The smallest absolute Gasteiger partial charge is 0.264 e. The number of guanidine groups is 1. The molecule has 1 aromatic carbocycles. The molecule has 3 N–H and O–H groups in total. The predicted octanol–water partition coefficient (Wildman–Crippen LogP) is -0.213. The molecule has 1 heterocycles. The van der Waals surface area contributed by atoms with Crippen molar-refractivity contribution in [3.8, 4) is 0 Å². The van der Waals surface area contributed by atoms with E-state index < -0.39 is 10.0 Å². The third kappa shape index (κ3) is 3.83. The standard InChI is InChI=1S/C11H15ClN4O3S/c12-9-1-3-10(4-2-9)20(18,19)15-11-13-7-16(5-6-17)8-14-11/h1-4,17H,5-8H2,(H2,13,14,15). The second-order valence-corrected chi connectivity index (χ2v) is 6.28. The van der Waals surface area contributed by atoms with Crippen molar-refractivity contribution in [2.45, 2.75) is 4.90 Å². The molecule has 0 atom stereocenters. The highest BCUT2D eigenvalue weighted by molar-refractivity contribution is 7.90. The molecule has 20 heavy (non-hydrogen) atoms. The maximum absolute atomic E-state index is 12.1. The minimum absolute atomic E-state index is 0.0308. The van der Waals surface area contributed by atoms with Crippen molar-refractivity contribution in [2.24, 2.45) is 4.99 Å². The van der Waals surface area contributed by atoms with Crippen LogP contribution in [-0.2, 0) is 10.0 Å². The van der Waals surface area contributed by atoms with E-state index in [1.54, 1.807) is 0 Å². The van der Waals surface area contributed by atoms with Gasteiger partial charge in [0, 0.05) is 11.6 Å². The number of benzene rings is 1. The van der Waals surface area contributed by atoms with Crippen molar-refractivity contribution in [3.63, 3.8) is 0 Å². The fourth-order valence-electron chi connectivity index (χ4n) is 1.62. The van der Waals surface area contributed by atoms with Crippen LogP contribution in [0.3, 0.4) is 0 Å². The first kappa shape index (κ1) is 15.0. The Hall–Kier alpha value is -1.35. The largest absolute Gasteiger partial charge is 0.395 e. The summed E-state index contributed by atoms with van der Waals surface area (Å²) >= 11 is 5.72. The number of rotatable bonds is 4. The van der Waals surface area contributed by atoms with Gasteiger partial charge in [-0.3, -0.25) is 4.90 Å². The molecule has 0 amide bonds. The molecule has 7 nitrogen and oxygen atoms in total. The predicted molar refractivity (Wildman–Crippen MR) is 75.9 cm³/mol. The van der Waals surface area contributed by atoms with Crippen LogP contribution in [0, 0.1) is 0 Å². The van der Waals surface area contributed by atoms with Gasteiger partial charge >= 0.3 is 0 Å². The lowest BCUT2D eigenvalue weighted by Crippen LogP contribution is -2.50. The van der Waals surface area contributed by atoms with Crippen LogP contribution in [-0.4, -0.2) is 50.9 Å². The van der Waals surface area contributed by atoms with Crippen LogP contribution in [0.2, 0.25) is 5.02 Å². The Labute approximate surface area is 122 Å². The monoisotopic (exact) mass is 318 g/mol. The van der Waals surface area contributed by atoms with E-state index in [1.165, 1.54) is 24.3 Å². The molecule has 0 saturated heterocycles. The van der Waals surface area contributed by atoms with Gasteiger partial charge in [0.2, 0.25) is 5.96 Å². The zero-order chi connectivity index (χ0) is 14.6. The summed E-state index contributed by atoms with van der Waals surface area (Å²) in [4.78, 5) is 6.01. The lowest BCUT2D eigenvalue weighted by molar-refractivity contribution is 0.190. The summed E-state index contributed by atoms with van der Waals surface area (Å²) in [6.07, 6.45) is 0. The van der Waals surface area contributed by atoms with Gasteiger partial charge in [-0.15, -0.1) is 0 Å². The van der Waals surface area contributed by atoms with E-state index in [-0.39, 0.29) is 17.5 Å². The first-order valence-corrected chi connectivity index (χ1v) is 7.77. The fraction of sp³-hybridized carbons (Fsp3) is 0.364. The Kier molecular flexibility index (Phi) is 4.81. The Morgan fingerprint density at radius 2 is 2.10 bits per heavy atom. The highest BCUT2D eigenvalue weighted by Crippen LogP contribution is 2.13. The molecule has 1 aliphatic heterocycles. The molecular formula is C11H15ClN4O3S. The molecule has 1 aliphatic rings. The first-order chi connectivity index (χ1) is 9.51. The Bertz CT molecular complexity index is 588. The summed E-state index contributed by atoms with van der Waals surface area (Å²) in [5.41, 5.74) is 0. The number of nitrogens with one attached hydrogen (secondary N) is 2. The molecular weight excluding hydrogens is 304 g/mol. The fourth-order valence-corrected chi connectivity index (χ4v) is 2.75. The molecule has 0 aliphatic carbocycles. The number of sulfonamides is 1. The van der Waals surface area contributed by atoms with Crippen molar-refractivity contribution in [3.05, 3.63) is 29.3 Å². The average Bonchev–Trinajstić information content (AvgIpc) is 2.41. The van der Waals surface area contributed by atoms with Crippen LogP contribution < -0.4 is 10.0 Å². The van der Waals surface area contributed by atoms with Gasteiger partial charge in [0.05, 0.1) is 24.8 Å². The molecule has 1 aromatic rings. The van der Waals surface area contributed by atoms with Gasteiger partial charge in [-0.2, -0.15) is 0 Å². The van der Waals surface area contributed by atoms with E-state index >= 15 is 0 Å². The topological polar surface area (TPSA) is 94.0 Å². The van der Waals surface area contributed by atoms with Gasteiger partial charge in [-0.05, 0) is 24.3 Å². The third-order valence-electron chi connectivity index (χ3n) is 2.67. The lowest BCUT2D eigenvalue weighted by atomic mass is 10.4. The van der Waals surface area contributed by atoms with E-state index in [0.29, 0.717) is 24.9 Å². The minimum Gasteiger partial charge on any atom is -0.395 e. The van der Waals surface area contributed by atoms with Gasteiger partial charge in [0.15, 0.2) is 0 Å². The highest BCUT2D eigenvalue weighted by atomic mass is 35.5. The average molecular weight is 319 g/mol. The van der Waals surface area contributed by atoms with E-state index in [4.69, 9.17) is 16.7 Å². The number of β-amino-alcohol motifs (C(OH)–C–C–N with tert-alkyl or cyclic N) is 1. The normalized spacial score (nSPS) is 16.4. The molecule has 0 fully saturated rings. The number of hydrogen-bond donors (Lipinski definition) is 3. The van der Waals surface area contributed by atoms with Crippen LogP contribution in [0.25, 0.3) is 0 Å². The quantitative estimate of drug-likeness (QED) is 0.714. The number of nitrogens with zero attached hydrogens (tertiary/aromatic N) is 2.